The number of hydrogen-bond donors (Lipinski definition) is 0. The molecule has 0 aromatic rings. The summed E-state index contributed by atoms with van der Waals surface area (Å²) in [6, 6.07) is 0. The van der Waals surface area contributed by atoms with E-state index in [1.165, 1.54) is 38.5 Å². The summed E-state index contributed by atoms with van der Waals surface area (Å²) in [6.45, 7) is 16.2. The highest BCUT2D eigenvalue weighted by Crippen LogP contribution is 2.65. The molecule has 3 rings (SSSR count). The van der Waals surface area contributed by atoms with Gasteiger partial charge in [-0.15, -0.1) is 6.58 Å². The highest BCUT2D eigenvalue weighted by molar-refractivity contribution is 5.12. The van der Waals surface area contributed by atoms with Crippen molar-refractivity contribution in [1.29, 1.82) is 0 Å². The molecule has 0 bridgehead atoms. The Morgan fingerprint density at radius 3 is 2.24 bits per heavy atom. The lowest BCUT2D eigenvalue weighted by Crippen LogP contribution is -2.62. The SMILES string of the molecule is C=C[C@]1(C)CC[C@H]2[C@]3(C)CCCC(C)(C)[C@H]3CC[C@@]2(C)O1. The van der Waals surface area contributed by atoms with Gasteiger partial charge in [0.25, 0.3) is 0 Å². The molecular weight excluding hydrogens is 256 g/mol. The monoisotopic (exact) mass is 290 g/mol. The maximum absolute atomic E-state index is 6.68. The van der Waals surface area contributed by atoms with E-state index < -0.39 is 0 Å². The van der Waals surface area contributed by atoms with Gasteiger partial charge < -0.3 is 4.74 Å². The lowest BCUT2D eigenvalue weighted by molar-refractivity contribution is -0.252. The molecule has 2 saturated carbocycles. The average molecular weight is 290 g/mol. The van der Waals surface area contributed by atoms with Crippen LogP contribution in [0.3, 0.4) is 0 Å². The summed E-state index contributed by atoms with van der Waals surface area (Å²) in [4.78, 5) is 0. The molecule has 0 N–H and O–H groups in total. The van der Waals surface area contributed by atoms with Crippen molar-refractivity contribution in [2.45, 2.75) is 90.8 Å². The molecule has 21 heavy (non-hydrogen) atoms. The van der Waals surface area contributed by atoms with Gasteiger partial charge in [-0.25, -0.2) is 0 Å². The lowest BCUT2D eigenvalue weighted by atomic mass is 9.44. The predicted molar refractivity (Wildman–Crippen MR) is 89.3 cm³/mol. The zero-order chi connectivity index (χ0) is 15.5. The Kier molecular flexibility index (Phi) is 3.41. The maximum atomic E-state index is 6.68. The fourth-order valence-electron chi connectivity index (χ4n) is 6.52. The predicted octanol–water partition coefficient (Wildman–Crippen LogP) is 5.74. The molecule has 1 heterocycles. The van der Waals surface area contributed by atoms with E-state index >= 15 is 0 Å². The molecule has 0 amide bonds. The Morgan fingerprint density at radius 1 is 0.905 bits per heavy atom. The van der Waals surface area contributed by atoms with Crippen molar-refractivity contribution in [3.63, 3.8) is 0 Å². The molecule has 1 heteroatoms. The van der Waals surface area contributed by atoms with Crippen LogP contribution in [0, 0.1) is 22.7 Å². The van der Waals surface area contributed by atoms with Gasteiger partial charge in [-0.3, -0.25) is 0 Å². The second-order valence-electron chi connectivity index (χ2n) is 9.46. The Balaban J connectivity index is 1.94. The zero-order valence-electron chi connectivity index (χ0n) is 14.8. The maximum Gasteiger partial charge on any atom is 0.0839 e. The Labute approximate surface area is 131 Å². The molecule has 0 spiro atoms. The van der Waals surface area contributed by atoms with Gasteiger partial charge in [-0.05, 0) is 75.0 Å². The van der Waals surface area contributed by atoms with Crippen LogP contribution in [-0.2, 0) is 4.74 Å². The van der Waals surface area contributed by atoms with Crippen LogP contribution in [0.25, 0.3) is 0 Å². The summed E-state index contributed by atoms with van der Waals surface area (Å²) in [5, 5.41) is 0. The molecule has 1 nitrogen and oxygen atoms in total. The Morgan fingerprint density at radius 2 is 1.57 bits per heavy atom. The van der Waals surface area contributed by atoms with Crippen molar-refractivity contribution in [1.82, 2.24) is 0 Å². The molecule has 1 saturated heterocycles. The quantitative estimate of drug-likeness (QED) is 0.559. The summed E-state index contributed by atoms with van der Waals surface area (Å²) in [7, 11) is 0. The summed E-state index contributed by atoms with van der Waals surface area (Å²) >= 11 is 0. The molecule has 1 aliphatic heterocycles. The lowest BCUT2D eigenvalue weighted by Gasteiger charge is -2.65. The number of rotatable bonds is 1. The van der Waals surface area contributed by atoms with Gasteiger partial charge in [0.15, 0.2) is 0 Å². The van der Waals surface area contributed by atoms with Crippen LogP contribution in [0.1, 0.15) is 79.6 Å². The van der Waals surface area contributed by atoms with Crippen LogP contribution in [-0.4, -0.2) is 11.2 Å². The number of fused-ring (bicyclic) bond motifs is 3. The second-order valence-corrected chi connectivity index (χ2v) is 9.46. The fraction of sp³-hybridized carbons (Fsp3) is 0.900. The largest absolute Gasteiger partial charge is 0.365 e. The van der Waals surface area contributed by atoms with Gasteiger partial charge in [0.1, 0.15) is 0 Å². The average Bonchev–Trinajstić information content (AvgIpc) is 2.36. The third-order valence-electron chi connectivity index (χ3n) is 7.57. The van der Waals surface area contributed by atoms with E-state index in [0.29, 0.717) is 10.8 Å². The van der Waals surface area contributed by atoms with E-state index in [-0.39, 0.29) is 11.2 Å². The minimum Gasteiger partial charge on any atom is -0.365 e. The molecule has 2 aliphatic carbocycles. The van der Waals surface area contributed by atoms with Crippen molar-refractivity contribution in [3.8, 4) is 0 Å². The summed E-state index contributed by atoms with van der Waals surface area (Å²) in [5.74, 6) is 1.59. The van der Waals surface area contributed by atoms with Crippen molar-refractivity contribution in [2.24, 2.45) is 22.7 Å². The summed E-state index contributed by atoms with van der Waals surface area (Å²) in [5.41, 5.74) is 0.920. The summed E-state index contributed by atoms with van der Waals surface area (Å²) < 4.78 is 6.68. The van der Waals surface area contributed by atoms with Gasteiger partial charge in [0.2, 0.25) is 0 Å². The topological polar surface area (TPSA) is 9.23 Å². The molecule has 5 atom stereocenters. The fourth-order valence-corrected chi connectivity index (χ4v) is 6.52. The molecule has 0 aromatic heterocycles. The highest BCUT2D eigenvalue weighted by atomic mass is 16.5. The molecule has 120 valence electrons. The minimum absolute atomic E-state index is 0.0554. The van der Waals surface area contributed by atoms with Gasteiger partial charge in [0.05, 0.1) is 11.2 Å². The van der Waals surface area contributed by atoms with Gasteiger partial charge in [-0.2, -0.15) is 0 Å². The van der Waals surface area contributed by atoms with Crippen LogP contribution < -0.4 is 0 Å². The smallest absolute Gasteiger partial charge is 0.0839 e. The molecule has 3 aliphatic rings. The third kappa shape index (κ3) is 2.22. The van der Waals surface area contributed by atoms with Crippen LogP contribution >= 0.6 is 0 Å². The molecular formula is C20H34O. The number of ether oxygens (including phenoxy) is 1. The summed E-state index contributed by atoms with van der Waals surface area (Å²) in [6.07, 6.45) is 11.2. The second kappa shape index (κ2) is 4.60. The number of hydrogen-bond acceptors (Lipinski definition) is 1. The van der Waals surface area contributed by atoms with E-state index in [2.05, 4.69) is 41.2 Å². The van der Waals surface area contributed by atoms with Crippen molar-refractivity contribution in [3.05, 3.63) is 12.7 Å². The minimum atomic E-state index is -0.112. The molecule has 0 radical (unpaired) electrons. The zero-order valence-corrected chi connectivity index (χ0v) is 14.8. The first-order valence-corrected chi connectivity index (χ1v) is 8.99. The molecule has 0 aromatic carbocycles. The van der Waals surface area contributed by atoms with Crippen molar-refractivity contribution >= 4 is 0 Å². The molecule has 3 fully saturated rings. The van der Waals surface area contributed by atoms with Gasteiger partial charge in [-0.1, -0.05) is 33.3 Å². The van der Waals surface area contributed by atoms with E-state index in [4.69, 9.17) is 4.74 Å². The van der Waals surface area contributed by atoms with Crippen LogP contribution in [0.4, 0.5) is 0 Å². The van der Waals surface area contributed by atoms with E-state index in [0.717, 1.165) is 18.3 Å². The van der Waals surface area contributed by atoms with Crippen LogP contribution in [0.5, 0.6) is 0 Å². The van der Waals surface area contributed by atoms with Gasteiger partial charge >= 0.3 is 0 Å². The van der Waals surface area contributed by atoms with E-state index in [9.17, 15) is 0 Å². The first-order valence-electron chi connectivity index (χ1n) is 8.99. The molecule has 0 unspecified atom stereocenters. The Hall–Kier alpha value is -0.300. The van der Waals surface area contributed by atoms with Crippen molar-refractivity contribution < 1.29 is 4.74 Å². The highest BCUT2D eigenvalue weighted by Gasteiger charge is 2.61. The first kappa shape index (κ1) is 15.6. The van der Waals surface area contributed by atoms with Gasteiger partial charge in [0, 0.05) is 0 Å². The van der Waals surface area contributed by atoms with E-state index in [1.54, 1.807) is 0 Å². The Bertz CT molecular complexity index is 439. The first-order chi connectivity index (χ1) is 9.65. The third-order valence-corrected chi connectivity index (χ3v) is 7.57. The van der Waals surface area contributed by atoms with E-state index in [1.807, 2.05) is 6.08 Å². The van der Waals surface area contributed by atoms with Crippen molar-refractivity contribution in [2.75, 3.05) is 0 Å². The normalized spacial score (nSPS) is 52.6. The van der Waals surface area contributed by atoms with Crippen LogP contribution in [0.15, 0.2) is 12.7 Å². The van der Waals surface area contributed by atoms with Crippen LogP contribution in [0.2, 0.25) is 0 Å². The standard InChI is InChI=1S/C20H34O/c1-7-18(4)13-9-16-19(5)12-8-11-17(2,3)15(19)10-14-20(16,6)21-18/h7,15-16H,1,8-14H2,2-6H3/t15-,16+,18-,19-,20-/m1/s1.